The summed E-state index contributed by atoms with van der Waals surface area (Å²) in [5.41, 5.74) is 8.41. The van der Waals surface area contributed by atoms with Crippen molar-refractivity contribution >= 4 is 50.7 Å². The molecule has 2 amide bonds. The van der Waals surface area contributed by atoms with Gasteiger partial charge in [-0.15, -0.1) is 32.9 Å². The van der Waals surface area contributed by atoms with E-state index in [2.05, 4.69) is 37.5 Å². The number of carbonyl (C=O) groups excluding carboxylic acids is 2. The van der Waals surface area contributed by atoms with Gasteiger partial charge in [-0.05, 0) is 68.0 Å². The van der Waals surface area contributed by atoms with Crippen molar-refractivity contribution in [3.05, 3.63) is 106 Å². The molecule has 0 saturated carbocycles. The number of phenols is 1. The maximum Gasteiger partial charge on any atom is 0.243 e. The minimum Gasteiger partial charge on any atom is -0.507 e. The summed E-state index contributed by atoms with van der Waals surface area (Å²) < 4.78 is 5.83. The maximum absolute atomic E-state index is 14.3. The molecular formula is C46H47N9O5S2. The molecule has 7 heterocycles. The van der Waals surface area contributed by atoms with Gasteiger partial charge in [0.15, 0.2) is 0 Å². The van der Waals surface area contributed by atoms with Crippen LogP contribution in [-0.2, 0) is 9.59 Å². The van der Waals surface area contributed by atoms with E-state index in [4.69, 9.17) is 14.5 Å². The predicted octanol–water partition coefficient (Wildman–Crippen LogP) is 7.82. The monoisotopic (exact) mass is 869 g/mol. The van der Waals surface area contributed by atoms with Crippen molar-refractivity contribution in [3.63, 3.8) is 0 Å². The van der Waals surface area contributed by atoms with Crippen molar-refractivity contribution in [2.45, 2.75) is 77.5 Å². The third-order valence-electron chi connectivity index (χ3n) is 12.1. The van der Waals surface area contributed by atoms with Crippen molar-refractivity contribution in [2.75, 3.05) is 24.5 Å². The summed E-state index contributed by atoms with van der Waals surface area (Å²) in [6.45, 7) is 11.5. The molecule has 3 N–H and O–H groups in total. The Kier molecular flexibility index (Phi) is 11.3. The lowest BCUT2D eigenvalue weighted by molar-refractivity contribution is -0.141. The second kappa shape index (κ2) is 17.0. The number of thiophene rings is 1. The Hall–Kier alpha value is -6.10. The second-order valence-corrected chi connectivity index (χ2v) is 18.5. The zero-order chi connectivity index (χ0) is 43.2. The molecule has 2 aromatic carbocycles. The lowest BCUT2D eigenvalue weighted by Crippen LogP contribution is -2.48. The van der Waals surface area contributed by atoms with Crippen LogP contribution in [0.5, 0.6) is 5.75 Å². The molecule has 2 aliphatic heterocycles. The number of hydrogen-bond acceptors (Lipinski definition) is 14. The molecule has 7 aromatic rings. The Morgan fingerprint density at radius 2 is 1.71 bits per heavy atom. The van der Waals surface area contributed by atoms with Gasteiger partial charge < -0.3 is 29.9 Å². The first kappa shape index (κ1) is 41.3. The lowest BCUT2D eigenvalue weighted by Gasteiger charge is -2.29. The van der Waals surface area contributed by atoms with E-state index in [1.54, 1.807) is 53.3 Å². The highest BCUT2D eigenvalue weighted by molar-refractivity contribution is 7.19. The van der Waals surface area contributed by atoms with Gasteiger partial charge in [-0.1, -0.05) is 55.4 Å². The number of benzene rings is 2. The van der Waals surface area contributed by atoms with Gasteiger partial charge >= 0.3 is 0 Å². The van der Waals surface area contributed by atoms with Gasteiger partial charge in [0.05, 0.1) is 33.9 Å². The van der Waals surface area contributed by atoms with Crippen molar-refractivity contribution in [1.29, 1.82) is 0 Å². The number of aryl methyl sites for hydroxylation is 2. The Balaban J connectivity index is 0.852. The van der Waals surface area contributed by atoms with Crippen LogP contribution < -0.4 is 10.2 Å². The van der Waals surface area contributed by atoms with E-state index < -0.39 is 18.1 Å². The van der Waals surface area contributed by atoms with Crippen molar-refractivity contribution in [3.8, 4) is 38.7 Å². The van der Waals surface area contributed by atoms with Crippen molar-refractivity contribution < 1.29 is 24.3 Å². The SMILES string of the molecule is Cc1ncsc1-c1ccc([C@H](C)NC(=O)[C@@H]2C[C@@H](O)CN2C(=O)[C@@H](c2cc(-c3cnc(N4CC[C@H](c5sc6nnc(-c7ccccc7O)cc6c5C)C4)nc3)no2)C(C)C)cc1. The first-order chi connectivity index (χ1) is 29.9. The van der Waals surface area contributed by atoms with E-state index in [9.17, 15) is 19.8 Å². The fraction of sp³-hybridized carbons (Fsp3) is 0.348. The van der Waals surface area contributed by atoms with E-state index in [0.717, 1.165) is 51.4 Å². The molecule has 14 nitrogen and oxygen atoms in total. The number of aliphatic hydroxyl groups is 1. The van der Waals surface area contributed by atoms with Crippen LogP contribution in [-0.4, -0.2) is 89.0 Å². The molecule has 2 fully saturated rings. The highest BCUT2D eigenvalue weighted by atomic mass is 32.1. The normalized spacial score (nSPS) is 18.8. The average molecular weight is 870 g/mol. The molecule has 0 bridgehead atoms. The molecular weight excluding hydrogens is 823 g/mol. The fourth-order valence-corrected chi connectivity index (χ4v) is 10.8. The van der Waals surface area contributed by atoms with Gasteiger partial charge in [-0.3, -0.25) is 9.59 Å². The molecule has 5 atom stereocenters. The van der Waals surface area contributed by atoms with E-state index in [-0.39, 0.29) is 48.4 Å². The molecule has 0 spiro atoms. The van der Waals surface area contributed by atoms with E-state index in [1.807, 2.05) is 75.7 Å². The van der Waals surface area contributed by atoms with Gasteiger partial charge in [0.25, 0.3) is 0 Å². The summed E-state index contributed by atoms with van der Waals surface area (Å²) in [6, 6.07) is 17.8. The van der Waals surface area contributed by atoms with Gasteiger partial charge in [0.2, 0.25) is 17.8 Å². The molecule has 9 rings (SSSR count). The number of rotatable bonds is 11. The van der Waals surface area contributed by atoms with E-state index >= 15 is 0 Å². The number of aromatic nitrogens is 6. The summed E-state index contributed by atoms with van der Waals surface area (Å²) in [5, 5.41) is 38.5. The summed E-state index contributed by atoms with van der Waals surface area (Å²) >= 11 is 3.25. The number of β-amino-alcohol motifs (C(OH)–C–C–N with tert-alkyl or cyclic N) is 1. The molecule has 0 radical (unpaired) electrons. The maximum atomic E-state index is 14.3. The number of likely N-dealkylation sites (tertiary alicyclic amines) is 1. The second-order valence-electron chi connectivity index (χ2n) is 16.6. The number of carbonyl (C=O) groups is 2. The standard InChI is InChI=1S/C46H47N9O5S2/c1-24(2)40(45(59)55-22-32(56)16-37(55)43(58)50-26(4)28-10-12-29(13-11-28)42-27(5)49-23-61-42)39-18-35(53-60-39)31-19-47-46(48-20-31)54-15-14-30(21-54)41-25(3)34-17-36(51-52-44(34)62-41)33-8-6-7-9-38(33)57/h6-13,17-20,23-24,26,30,32,37,40,56-57H,14-16,21-22H2,1-5H3,(H,50,58)/t26-,30-,32+,37-,40+/m0/s1. The number of thiazole rings is 1. The number of hydrogen-bond donors (Lipinski definition) is 3. The van der Waals surface area contributed by atoms with Crippen LogP contribution in [0.15, 0.2) is 83.1 Å². The smallest absolute Gasteiger partial charge is 0.243 e. The Bertz CT molecular complexity index is 2750. The number of anilines is 1. The third-order valence-corrected chi connectivity index (χ3v) is 14.4. The van der Waals surface area contributed by atoms with Crippen LogP contribution in [0.25, 0.3) is 43.2 Å². The van der Waals surface area contributed by atoms with E-state index in [1.165, 1.54) is 15.3 Å². The number of nitrogens with zero attached hydrogens (tertiary/aromatic N) is 8. The van der Waals surface area contributed by atoms with Gasteiger partial charge in [-0.25, -0.2) is 15.0 Å². The molecule has 318 valence electrons. The predicted molar refractivity (Wildman–Crippen MR) is 239 cm³/mol. The zero-order valence-electron chi connectivity index (χ0n) is 35.0. The number of fused-ring (bicyclic) bond motifs is 1. The van der Waals surface area contributed by atoms with Gasteiger partial charge in [-0.2, -0.15) is 0 Å². The van der Waals surface area contributed by atoms with Crippen molar-refractivity contribution in [1.82, 2.24) is 40.5 Å². The summed E-state index contributed by atoms with van der Waals surface area (Å²) in [4.78, 5) is 48.7. The van der Waals surface area contributed by atoms with Crippen LogP contribution in [0.1, 0.15) is 78.9 Å². The Morgan fingerprint density at radius 1 is 0.935 bits per heavy atom. The summed E-state index contributed by atoms with van der Waals surface area (Å²) in [5.74, 6) is -0.119. The molecule has 2 saturated heterocycles. The van der Waals surface area contributed by atoms with Crippen LogP contribution in [0.2, 0.25) is 0 Å². The number of aliphatic hydroxyl groups excluding tert-OH is 1. The van der Waals surface area contributed by atoms with Crippen LogP contribution in [0.4, 0.5) is 5.95 Å². The lowest BCUT2D eigenvalue weighted by atomic mass is 9.91. The fourth-order valence-electron chi connectivity index (χ4n) is 8.71. The first-order valence-corrected chi connectivity index (χ1v) is 22.5. The quantitative estimate of drug-likeness (QED) is 0.115. The van der Waals surface area contributed by atoms with Crippen LogP contribution in [0, 0.1) is 19.8 Å². The Labute approximate surface area is 366 Å². The minimum absolute atomic E-state index is 0.0439. The number of aromatic hydroxyl groups is 1. The third kappa shape index (κ3) is 7.93. The largest absolute Gasteiger partial charge is 0.507 e. The highest BCUT2D eigenvalue weighted by Crippen LogP contribution is 2.41. The highest BCUT2D eigenvalue weighted by Gasteiger charge is 2.43. The van der Waals surface area contributed by atoms with Gasteiger partial charge in [0.1, 0.15) is 34.0 Å². The summed E-state index contributed by atoms with van der Waals surface area (Å²) in [7, 11) is 0. The molecule has 0 unspecified atom stereocenters. The number of nitrogens with one attached hydrogen (secondary N) is 1. The minimum atomic E-state index is -0.840. The zero-order valence-corrected chi connectivity index (χ0v) is 36.7. The Morgan fingerprint density at radius 3 is 2.44 bits per heavy atom. The van der Waals surface area contributed by atoms with Crippen molar-refractivity contribution in [2.24, 2.45) is 5.92 Å². The van der Waals surface area contributed by atoms with Gasteiger partial charge in [0, 0.05) is 71.8 Å². The number of phenolic OH excluding ortho intramolecular Hbond substituents is 1. The molecule has 2 aliphatic rings. The number of amides is 2. The van der Waals surface area contributed by atoms with E-state index in [0.29, 0.717) is 34.2 Å². The average Bonchev–Trinajstić information content (AvgIpc) is 4.13. The molecule has 62 heavy (non-hydrogen) atoms. The molecule has 5 aromatic heterocycles. The van der Waals surface area contributed by atoms with Crippen LogP contribution >= 0.6 is 22.7 Å². The molecule has 0 aliphatic carbocycles. The topological polar surface area (TPSA) is 184 Å². The van der Waals surface area contributed by atoms with Crippen LogP contribution in [0.3, 0.4) is 0 Å². The number of para-hydroxylation sites is 1. The summed E-state index contributed by atoms with van der Waals surface area (Å²) in [6.07, 6.45) is 3.68. The molecule has 16 heteroatoms. The first-order valence-electron chi connectivity index (χ1n) is 20.8.